The molecule has 0 aromatic heterocycles. The van der Waals surface area contributed by atoms with Crippen LogP contribution in [0, 0.1) is 6.92 Å². The summed E-state index contributed by atoms with van der Waals surface area (Å²) in [6.45, 7) is 7.98. The highest BCUT2D eigenvalue weighted by atomic mass is 35.5. The van der Waals surface area contributed by atoms with Gasteiger partial charge in [0.15, 0.2) is 0 Å². The number of halogens is 1. The largest absolute Gasteiger partial charge is 0.368 e. The molecular weight excluding hydrogens is 346 g/mol. The normalized spacial score (nSPS) is 14.4. The fourth-order valence-corrected chi connectivity index (χ4v) is 3.72. The van der Waals surface area contributed by atoms with Gasteiger partial charge in [-0.3, -0.25) is 0 Å². The van der Waals surface area contributed by atoms with E-state index in [1.54, 1.807) is 0 Å². The van der Waals surface area contributed by atoms with E-state index in [1.165, 1.54) is 16.8 Å². The number of benzene rings is 2. The summed E-state index contributed by atoms with van der Waals surface area (Å²) >= 11 is 6.15. The van der Waals surface area contributed by atoms with E-state index >= 15 is 0 Å². The van der Waals surface area contributed by atoms with Gasteiger partial charge in [0.25, 0.3) is 0 Å². The van der Waals surface area contributed by atoms with E-state index in [4.69, 9.17) is 11.6 Å². The highest BCUT2D eigenvalue weighted by Gasteiger charge is 2.23. The van der Waals surface area contributed by atoms with Gasteiger partial charge in [0.05, 0.1) is 0 Å². The highest BCUT2D eigenvalue weighted by molar-refractivity contribution is 6.31. The van der Waals surface area contributed by atoms with E-state index in [9.17, 15) is 4.79 Å². The van der Waals surface area contributed by atoms with E-state index in [0.29, 0.717) is 11.6 Å². The van der Waals surface area contributed by atoms with Crippen LogP contribution in [0.3, 0.4) is 0 Å². The lowest BCUT2D eigenvalue weighted by Crippen LogP contribution is -2.52. The van der Waals surface area contributed by atoms with E-state index in [2.05, 4.69) is 42.3 Å². The first-order valence-electron chi connectivity index (χ1n) is 9.19. The Morgan fingerprint density at radius 3 is 2.42 bits per heavy atom. The molecule has 1 aliphatic rings. The molecule has 2 amide bonds. The number of nitrogens with zero attached hydrogens (tertiary/aromatic N) is 2. The van der Waals surface area contributed by atoms with Gasteiger partial charge in [-0.25, -0.2) is 4.79 Å². The summed E-state index contributed by atoms with van der Waals surface area (Å²) in [5.74, 6) is 0. The van der Waals surface area contributed by atoms with Crippen molar-refractivity contribution in [3.8, 4) is 0 Å². The van der Waals surface area contributed by atoms with Crippen molar-refractivity contribution >= 4 is 23.3 Å². The van der Waals surface area contributed by atoms with Crippen LogP contribution in [0.5, 0.6) is 0 Å². The molecule has 1 fully saturated rings. The molecule has 0 atom stereocenters. The van der Waals surface area contributed by atoms with Crippen LogP contribution in [0.1, 0.15) is 23.6 Å². The molecule has 0 aliphatic carbocycles. The maximum absolute atomic E-state index is 12.5. The average Bonchev–Trinajstić information content (AvgIpc) is 2.67. The van der Waals surface area contributed by atoms with Crippen LogP contribution in [0.15, 0.2) is 42.5 Å². The number of carbonyl (C=O) groups is 1. The third-order valence-electron chi connectivity index (χ3n) is 4.97. The maximum Gasteiger partial charge on any atom is 0.317 e. The van der Waals surface area contributed by atoms with Gasteiger partial charge in [0, 0.05) is 43.4 Å². The number of para-hydroxylation sites is 1. The Bertz CT molecular complexity index is 770. The number of carbonyl (C=O) groups excluding carboxylic acids is 1. The number of hydrogen-bond acceptors (Lipinski definition) is 2. The molecule has 3 rings (SSSR count). The van der Waals surface area contributed by atoms with Gasteiger partial charge in [-0.15, -0.1) is 0 Å². The lowest BCUT2D eigenvalue weighted by molar-refractivity contribution is 0.194. The van der Waals surface area contributed by atoms with Crippen molar-refractivity contribution < 1.29 is 4.79 Å². The zero-order valence-electron chi connectivity index (χ0n) is 15.5. The molecular formula is C21H26ClN3O. The number of amides is 2. The smallest absolute Gasteiger partial charge is 0.317 e. The van der Waals surface area contributed by atoms with E-state index in [-0.39, 0.29) is 6.03 Å². The van der Waals surface area contributed by atoms with Crippen molar-refractivity contribution in [2.45, 2.75) is 26.8 Å². The number of urea groups is 1. The summed E-state index contributed by atoms with van der Waals surface area (Å²) in [7, 11) is 0. The average molecular weight is 372 g/mol. The van der Waals surface area contributed by atoms with Gasteiger partial charge >= 0.3 is 6.03 Å². The Morgan fingerprint density at radius 2 is 1.73 bits per heavy atom. The number of aryl methyl sites for hydroxylation is 2. The molecule has 1 saturated heterocycles. The van der Waals surface area contributed by atoms with Crippen molar-refractivity contribution in [1.82, 2.24) is 10.2 Å². The number of hydrogen-bond donors (Lipinski definition) is 1. The lowest BCUT2D eigenvalue weighted by Gasteiger charge is -2.37. The van der Waals surface area contributed by atoms with Gasteiger partial charge in [-0.05, 0) is 36.1 Å². The van der Waals surface area contributed by atoms with Gasteiger partial charge in [-0.2, -0.15) is 0 Å². The van der Waals surface area contributed by atoms with Crippen molar-refractivity contribution in [1.29, 1.82) is 0 Å². The minimum atomic E-state index is -0.0231. The van der Waals surface area contributed by atoms with Crippen LogP contribution < -0.4 is 10.2 Å². The van der Waals surface area contributed by atoms with E-state index in [0.717, 1.165) is 38.2 Å². The van der Waals surface area contributed by atoms with Crippen LogP contribution in [0.25, 0.3) is 0 Å². The summed E-state index contributed by atoms with van der Waals surface area (Å²) in [4.78, 5) is 16.8. The Kier molecular flexibility index (Phi) is 6.04. The standard InChI is InChI=1S/C21H26ClN3O/c1-3-17-9-6-7-16(2)20(17)24-11-13-25(14-12-24)21(26)23-15-18-8-4-5-10-19(18)22/h4-10H,3,11-15H2,1-2H3,(H,23,26). The van der Waals surface area contributed by atoms with Crippen LogP contribution in [0.2, 0.25) is 5.02 Å². The van der Waals surface area contributed by atoms with Crippen molar-refractivity contribution in [3.05, 3.63) is 64.2 Å². The molecule has 1 heterocycles. The van der Waals surface area contributed by atoms with Crippen molar-refractivity contribution in [2.75, 3.05) is 31.1 Å². The Morgan fingerprint density at radius 1 is 1.04 bits per heavy atom. The van der Waals surface area contributed by atoms with Gasteiger partial charge < -0.3 is 15.1 Å². The van der Waals surface area contributed by atoms with Gasteiger partial charge in [0.1, 0.15) is 0 Å². The summed E-state index contributed by atoms with van der Waals surface area (Å²) in [6.07, 6.45) is 1.02. The predicted molar refractivity (Wildman–Crippen MR) is 108 cm³/mol. The fourth-order valence-electron chi connectivity index (χ4n) is 3.52. The molecule has 1 aliphatic heterocycles. The molecule has 0 bridgehead atoms. The van der Waals surface area contributed by atoms with Crippen LogP contribution in [0.4, 0.5) is 10.5 Å². The van der Waals surface area contributed by atoms with E-state index < -0.39 is 0 Å². The number of rotatable bonds is 4. The third-order valence-corrected chi connectivity index (χ3v) is 5.34. The molecule has 138 valence electrons. The summed E-state index contributed by atoms with van der Waals surface area (Å²) < 4.78 is 0. The predicted octanol–water partition coefficient (Wildman–Crippen LogP) is 4.24. The quantitative estimate of drug-likeness (QED) is 0.872. The fraction of sp³-hybridized carbons (Fsp3) is 0.381. The minimum Gasteiger partial charge on any atom is -0.368 e. The maximum atomic E-state index is 12.5. The number of anilines is 1. The van der Waals surface area contributed by atoms with Crippen LogP contribution in [-0.2, 0) is 13.0 Å². The zero-order chi connectivity index (χ0) is 18.5. The SMILES string of the molecule is CCc1cccc(C)c1N1CCN(C(=O)NCc2ccccc2Cl)CC1. The molecule has 26 heavy (non-hydrogen) atoms. The summed E-state index contributed by atoms with van der Waals surface area (Å²) in [6, 6.07) is 14.1. The van der Waals surface area contributed by atoms with Crippen LogP contribution >= 0.6 is 11.6 Å². The molecule has 0 unspecified atom stereocenters. The summed E-state index contributed by atoms with van der Waals surface area (Å²) in [5.41, 5.74) is 4.96. The topological polar surface area (TPSA) is 35.6 Å². The first-order chi connectivity index (χ1) is 12.6. The van der Waals surface area contributed by atoms with Crippen molar-refractivity contribution in [3.63, 3.8) is 0 Å². The Balaban J connectivity index is 1.57. The molecule has 5 heteroatoms. The van der Waals surface area contributed by atoms with Crippen LogP contribution in [-0.4, -0.2) is 37.1 Å². The second kappa shape index (κ2) is 8.45. The monoisotopic (exact) mass is 371 g/mol. The third kappa shape index (κ3) is 4.13. The van der Waals surface area contributed by atoms with E-state index in [1.807, 2.05) is 29.2 Å². The highest BCUT2D eigenvalue weighted by Crippen LogP contribution is 2.26. The molecule has 4 nitrogen and oxygen atoms in total. The lowest BCUT2D eigenvalue weighted by atomic mass is 10.0. The van der Waals surface area contributed by atoms with Gasteiger partial charge in [0.2, 0.25) is 0 Å². The van der Waals surface area contributed by atoms with Crippen molar-refractivity contribution in [2.24, 2.45) is 0 Å². The molecule has 0 radical (unpaired) electrons. The molecule has 2 aromatic rings. The Labute approximate surface area is 160 Å². The minimum absolute atomic E-state index is 0.0231. The number of nitrogens with one attached hydrogen (secondary N) is 1. The Hall–Kier alpha value is -2.20. The second-order valence-electron chi connectivity index (χ2n) is 6.66. The summed E-state index contributed by atoms with van der Waals surface area (Å²) in [5, 5.41) is 3.67. The first-order valence-corrected chi connectivity index (χ1v) is 9.57. The first kappa shape index (κ1) is 18.6. The molecule has 0 saturated carbocycles. The molecule has 0 spiro atoms. The second-order valence-corrected chi connectivity index (χ2v) is 7.07. The zero-order valence-corrected chi connectivity index (χ0v) is 16.2. The van der Waals surface area contributed by atoms with Gasteiger partial charge in [-0.1, -0.05) is 54.9 Å². The molecule has 1 N–H and O–H groups in total. The molecule has 2 aromatic carbocycles. The number of piperazine rings is 1.